The number of Topliss-reactive ketones (excluding diaryl/α,β-unsaturated/α-hetero) is 2. The van der Waals surface area contributed by atoms with Crippen molar-refractivity contribution >= 4 is 11.6 Å². The summed E-state index contributed by atoms with van der Waals surface area (Å²) in [6.45, 7) is 3.71. The van der Waals surface area contributed by atoms with E-state index in [9.17, 15) is 9.59 Å². The molecule has 0 aromatic heterocycles. The highest BCUT2D eigenvalue weighted by molar-refractivity contribution is 6.28. The van der Waals surface area contributed by atoms with E-state index >= 15 is 0 Å². The minimum Gasteiger partial charge on any atom is -0.380 e. The molecule has 0 saturated heterocycles. The number of rotatable bonds is 3. The minimum atomic E-state index is -0.683. The molecule has 0 spiro atoms. The van der Waals surface area contributed by atoms with Crippen LogP contribution >= 0.6 is 0 Å². The van der Waals surface area contributed by atoms with Crippen LogP contribution in [0.25, 0.3) is 0 Å². The Morgan fingerprint density at radius 3 is 2.20 bits per heavy atom. The van der Waals surface area contributed by atoms with Gasteiger partial charge in [-0.3, -0.25) is 9.59 Å². The predicted molar refractivity (Wildman–Crippen MR) is 79.4 cm³/mol. The van der Waals surface area contributed by atoms with Gasteiger partial charge in [-0.05, 0) is 26.0 Å². The highest BCUT2D eigenvalue weighted by atomic mass is 16.2. The van der Waals surface area contributed by atoms with Gasteiger partial charge in [0.2, 0.25) is 0 Å². The van der Waals surface area contributed by atoms with Gasteiger partial charge in [0.15, 0.2) is 11.6 Å². The molecule has 1 aliphatic carbocycles. The van der Waals surface area contributed by atoms with Gasteiger partial charge in [0.25, 0.3) is 0 Å². The second-order valence-electron chi connectivity index (χ2n) is 5.68. The molecule has 20 heavy (non-hydrogen) atoms. The van der Waals surface area contributed by atoms with Crippen LogP contribution in [-0.4, -0.2) is 30.6 Å². The first-order chi connectivity index (χ1) is 9.35. The van der Waals surface area contributed by atoms with Gasteiger partial charge < -0.3 is 4.90 Å². The Morgan fingerprint density at radius 1 is 1.05 bits per heavy atom. The van der Waals surface area contributed by atoms with Crippen LogP contribution in [0.4, 0.5) is 0 Å². The number of hydrogen-bond acceptors (Lipinski definition) is 3. The average Bonchev–Trinajstić information content (AvgIpc) is 2.41. The lowest BCUT2D eigenvalue weighted by molar-refractivity contribution is -0.122. The fourth-order valence-corrected chi connectivity index (χ4v) is 2.53. The lowest BCUT2D eigenvalue weighted by Gasteiger charge is -2.34. The van der Waals surface area contributed by atoms with E-state index in [0.717, 1.165) is 5.70 Å². The fraction of sp³-hybridized carbons (Fsp3) is 0.294. The Kier molecular flexibility index (Phi) is 3.62. The molecule has 0 fully saturated rings. The predicted octanol–water partition coefficient (Wildman–Crippen LogP) is 2.85. The maximum Gasteiger partial charge on any atom is 0.196 e. The van der Waals surface area contributed by atoms with Crippen LogP contribution in [0.5, 0.6) is 0 Å². The normalized spacial score (nSPS) is 17.3. The number of allylic oxidation sites excluding steroid dienone is 4. The van der Waals surface area contributed by atoms with Gasteiger partial charge in [-0.2, -0.15) is 0 Å². The second kappa shape index (κ2) is 5.08. The average molecular weight is 269 g/mol. The van der Waals surface area contributed by atoms with Crippen molar-refractivity contribution in [1.82, 2.24) is 4.90 Å². The van der Waals surface area contributed by atoms with Crippen molar-refractivity contribution < 1.29 is 9.59 Å². The number of carbonyl (C=O) groups excluding carboxylic acids is 2. The van der Waals surface area contributed by atoms with E-state index in [4.69, 9.17) is 0 Å². The van der Waals surface area contributed by atoms with Crippen molar-refractivity contribution in [3.8, 4) is 0 Å². The van der Waals surface area contributed by atoms with E-state index < -0.39 is 5.41 Å². The number of benzene rings is 1. The van der Waals surface area contributed by atoms with Crippen molar-refractivity contribution in [3.05, 3.63) is 59.3 Å². The molecule has 1 aromatic rings. The number of ketones is 2. The summed E-state index contributed by atoms with van der Waals surface area (Å²) in [6, 6.07) is 8.91. The number of hydrogen-bond donors (Lipinski definition) is 0. The van der Waals surface area contributed by atoms with E-state index in [-0.39, 0.29) is 17.1 Å². The van der Waals surface area contributed by atoms with Crippen LogP contribution in [0.2, 0.25) is 0 Å². The van der Waals surface area contributed by atoms with Crippen LogP contribution in [0.1, 0.15) is 24.2 Å². The zero-order chi connectivity index (χ0) is 14.9. The van der Waals surface area contributed by atoms with Crippen molar-refractivity contribution in [1.29, 1.82) is 0 Å². The Labute approximate surface area is 119 Å². The molecule has 0 radical (unpaired) electrons. The third-order valence-electron chi connectivity index (χ3n) is 3.62. The largest absolute Gasteiger partial charge is 0.380 e. The Bertz CT molecular complexity index is 607. The topological polar surface area (TPSA) is 37.4 Å². The highest BCUT2D eigenvalue weighted by Gasteiger charge is 2.39. The second-order valence-corrected chi connectivity index (χ2v) is 5.68. The van der Waals surface area contributed by atoms with Crippen LogP contribution < -0.4 is 0 Å². The van der Waals surface area contributed by atoms with Gasteiger partial charge in [0, 0.05) is 25.4 Å². The minimum absolute atomic E-state index is 0.127. The molecule has 0 heterocycles. The molecule has 104 valence electrons. The number of carbonyl (C=O) groups is 2. The van der Waals surface area contributed by atoms with Crippen LogP contribution in [-0.2, 0) is 4.79 Å². The maximum absolute atomic E-state index is 12.6. The zero-order valence-corrected chi connectivity index (χ0v) is 12.3. The van der Waals surface area contributed by atoms with Gasteiger partial charge in [-0.1, -0.05) is 30.3 Å². The molecule has 0 amide bonds. The van der Waals surface area contributed by atoms with Gasteiger partial charge >= 0.3 is 0 Å². The summed E-state index contributed by atoms with van der Waals surface area (Å²) in [6.07, 6.45) is 3.50. The van der Waals surface area contributed by atoms with Gasteiger partial charge in [-0.25, -0.2) is 0 Å². The molecular weight excluding hydrogens is 250 g/mol. The van der Waals surface area contributed by atoms with Crippen molar-refractivity contribution in [2.24, 2.45) is 5.41 Å². The third-order valence-corrected chi connectivity index (χ3v) is 3.62. The molecule has 0 saturated carbocycles. The smallest absolute Gasteiger partial charge is 0.196 e. The zero-order valence-electron chi connectivity index (χ0n) is 12.3. The summed E-state index contributed by atoms with van der Waals surface area (Å²) in [7, 11) is 3.80. The molecule has 2 rings (SSSR count). The first-order valence-electron chi connectivity index (χ1n) is 6.60. The van der Waals surface area contributed by atoms with E-state index in [2.05, 4.69) is 0 Å². The van der Waals surface area contributed by atoms with Crippen LogP contribution in [0.15, 0.2) is 53.8 Å². The monoisotopic (exact) mass is 269 g/mol. The molecule has 1 aliphatic rings. The maximum atomic E-state index is 12.6. The van der Waals surface area contributed by atoms with Crippen molar-refractivity contribution in [2.75, 3.05) is 14.1 Å². The van der Waals surface area contributed by atoms with E-state index in [1.165, 1.54) is 0 Å². The van der Waals surface area contributed by atoms with Crippen LogP contribution in [0, 0.1) is 5.41 Å². The van der Waals surface area contributed by atoms with Gasteiger partial charge in [0.05, 0.1) is 11.0 Å². The first-order valence-corrected chi connectivity index (χ1v) is 6.60. The molecule has 3 heteroatoms. The lowest BCUT2D eigenvalue weighted by atomic mass is 9.75. The fourth-order valence-electron chi connectivity index (χ4n) is 2.53. The third kappa shape index (κ3) is 2.31. The molecule has 1 aromatic carbocycles. The standard InChI is InChI=1S/C17H19NO2/c1-17(2)14(18(3)4)11-10-13(16(17)20)15(19)12-8-6-5-7-9-12/h5-11H,1-4H3. The highest BCUT2D eigenvalue weighted by Crippen LogP contribution is 2.35. The van der Waals surface area contributed by atoms with E-state index in [0.29, 0.717) is 5.56 Å². The van der Waals surface area contributed by atoms with Crippen molar-refractivity contribution in [2.45, 2.75) is 13.8 Å². The first kappa shape index (κ1) is 14.3. The SMILES string of the molecule is CN(C)C1=CC=C(C(=O)c2ccccc2)C(=O)C1(C)C. The Hall–Kier alpha value is -2.16. The summed E-state index contributed by atoms with van der Waals surface area (Å²) in [5, 5.41) is 0. The summed E-state index contributed by atoms with van der Waals surface area (Å²) in [5.74, 6) is -0.338. The van der Waals surface area contributed by atoms with E-state index in [1.54, 1.807) is 30.3 Å². The lowest BCUT2D eigenvalue weighted by Crippen LogP contribution is -2.38. The quantitative estimate of drug-likeness (QED) is 0.625. The molecule has 0 bridgehead atoms. The summed E-state index contributed by atoms with van der Waals surface area (Å²) in [4.78, 5) is 27.0. The van der Waals surface area contributed by atoms with Crippen LogP contribution in [0.3, 0.4) is 0 Å². The number of nitrogens with zero attached hydrogens (tertiary/aromatic N) is 1. The van der Waals surface area contributed by atoms with Gasteiger partial charge in [-0.15, -0.1) is 0 Å². The van der Waals surface area contributed by atoms with Crippen molar-refractivity contribution in [3.63, 3.8) is 0 Å². The molecule has 0 atom stereocenters. The summed E-state index contributed by atoms with van der Waals surface area (Å²) >= 11 is 0. The Balaban J connectivity index is 2.44. The Morgan fingerprint density at radius 2 is 1.65 bits per heavy atom. The molecular formula is C17H19NO2. The molecule has 0 N–H and O–H groups in total. The molecule has 3 nitrogen and oxygen atoms in total. The van der Waals surface area contributed by atoms with Gasteiger partial charge in [0.1, 0.15) is 0 Å². The summed E-state index contributed by atoms with van der Waals surface area (Å²) in [5.41, 5.74) is 1.03. The molecule has 0 unspecified atom stereocenters. The molecule has 0 aliphatic heterocycles. The van der Waals surface area contributed by atoms with E-state index in [1.807, 2.05) is 45.0 Å². The summed E-state index contributed by atoms with van der Waals surface area (Å²) < 4.78 is 0.